The molecule has 47 heavy (non-hydrogen) atoms. The number of methoxy groups -OCH3 is 1. The normalized spacial score (nSPS) is 17.6. The molecule has 0 radical (unpaired) electrons. The van der Waals surface area contributed by atoms with E-state index in [0.717, 1.165) is 51.1 Å². The van der Waals surface area contributed by atoms with Crippen molar-refractivity contribution < 1.29 is 14.3 Å². The Balaban J connectivity index is 1.32. The lowest BCUT2D eigenvalue weighted by molar-refractivity contribution is -0.138. The van der Waals surface area contributed by atoms with E-state index in [-0.39, 0.29) is 17.7 Å². The first-order valence-electron chi connectivity index (χ1n) is 16.7. The van der Waals surface area contributed by atoms with Crippen LogP contribution in [-0.2, 0) is 11.8 Å². The Kier molecular flexibility index (Phi) is 8.22. The third-order valence-corrected chi connectivity index (χ3v) is 10.2. The van der Waals surface area contributed by atoms with Gasteiger partial charge in [-0.25, -0.2) is 0 Å². The number of anilines is 1. The molecule has 1 saturated heterocycles. The predicted molar refractivity (Wildman–Crippen MR) is 188 cm³/mol. The summed E-state index contributed by atoms with van der Waals surface area (Å²) in [6.07, 6.45) is 0.769. The summed E-state index contributed by atoms with van der Waals surface area (Å²) in [4.78, 5) is 35.7. The molecular formula is C40H42N4O3. The second kappa shape index (κ2) is 12.6. The topological polar surface area (TPSA) is 58.0 Å². The monoisotopic (exact) mass is 626 g/mol. The van der Waals surface area contributed by atoms with Crippen LogP contribution in [0.3, 0.4) is 0 Å². The largest absolute Gasteiger partial charge is 0.495 e. The maximum atomic E-state index is 14.8. The molecule has 3 heterocycles. The van der Waals surface area contributed by atoms with Crippen LogP contribution in [0.5, 0.6) is 5.75 Å². The first-order chi connectivity index (χ1) is 22.9. The summed E-state index contributed by atoms with van der Waals surface area (Å²) in [6, 6.07) is 33.7. The van der Waals surface area contributed by atoms with E-state index < -0.39 is 12.1 Å². The minimum Gasteiger partial charge on any atom is -0.495 e. The lowest BCUT2D eigenvalue weighted by Gasteiger charge is -2.42. The van der Waals surface area contributed by atoms with Crippen molar-refractivity contribution in [2.75, 3.05) is 38.2 Å². The summed E-state index contributed by atoms with van der Waals surface area (Å²) in [5.41, 5.74) is 6.96. The molecule has 3 atom stereocenters. The molecule has 5 aromatic rings. The molecule has 2 aliphatic heterocycles. The molecule has 240 valence electrons. The van der Waals surface area contributed by atoms with Gasteiger partial charge in [0.2, 0.25) is 5.91 Å². The van der Waals surface area contributed by atoms with Crippen LogP contribution in [-0.4, -0.2) is 65.5 Å². The summed E-state index contributed by atoms with van der Waals surface area (Å²) in [6.45, 7) is 6.76. The Morgan fingerprint density at radius 1 is 0.851 bits per heavy atom. The fourth-order valence-corrected chi connectivity index (χ4v) is 7.67. The van der Waals surface area contributed by atoms with Gasteiger partial charge in [0, 0.05) is 55.3 Å². The number of piperazine rings is 1. The molecule has 7 rings (SSSR count). The number of carbonyl (C=O) groups is 2. The van der Waals surface area contributed by atoms with E-state index in [9.17, 15) is 9.59 Å². The van der Waals surface area contributed by atoms with E-state index in [1.807, 2.05) is 52.3 Å². The lowest BCUT2D eigenvalue weighted by atomic mass is 9.90. The van der Waals surface area contributed by atoms with Crippen LogP contribution >= 0.6 is 0 Å². The van der Waals surface area contributed by atoms with E-state index in [1.165, 1.54) is 0 Å². The average molecular weight is 627 g/mol. The highest BCUT2D eigenvalue weighted by Crippen LogP contribution is 2.48. The van der Waals surface area contributed by atoms with Gasteiger partial charge in [0.25, 0.3) is 5.91 Å². The van der Waals surface area contributed by atoms with Gasteiger partial charge < -0.3 is 24.0 Å². The smallest absolute Gasteiger partial charge is 0.255 e. The van der Waals surface area contributed by atoms with Crippen molar-refractivity contribution in [3.05, 3.63) is 120 Å². The second-order valence-corrected chi connectivity index (χ2v) is 12.7. The number of amides is 2. The van der Waals surface area contributed by atoms with Crippen molar-refractivity contribution in [3.8, 4) is 17.0 Å². The second-order valence-electron chi connectivity index (χ2n) is 12.7. The number of ether oxygens (including phenoxy) is 1. The molecule has 1 fully saturated rings. The van der Waals surface area contributed by atoms with Gasteiger partial charge in [-0.1, -0.05) is 99.1 Å². The fraction of sp³-hybridized carbons (Fsp3) is 0.300. The van der Waals surface area contributed by atoms with E-state index >= 15 is 0 Å². The van der Waals surface area contributed by atoms with E-state index in [1.54, 1.807) is 7.11 Å². The minimum atomic E-state index is -0.620. The standard InChI is InChI=1S/C40H42N4O3/c1-5-27(2)36(40(46)43-25-23-42(24-26-43)33-21-13-14-22-34(33)47-4)44-38(29-17-9-10-18-30(29)39(44)45)35-31-19-11-12-20-32(31)41(3)37(35)28-15-7-6-8-16-28/h6-22,27,36,38H,5,23-26H2,1-4H3. The Hall–Kier alpha value is -5.04. The quantitative estimate of drug-likeness (QED) is 0.183. The van der Waals surface area contributed by atoms with Gasteiger partial charge in [0.15, 0.2) is 0 Å². The molecular weight excluding hydrogens is 584 g/mol. The van der Waals surface area contributed by atoms with Crippen LogP contribution in [0.2, 0.25) is 0 Å². The molecule has 7 heteroatoms. The Labute approximate surface area is 277 Å². The zero-order chi connectivity index (χ0) is 32.7. The molecule has 2 aliphatic rings. The zero-order valence-electron chi connectivity index (χ0n) is 27.6. The number of rotatable bonds is 8. The molecule has 0 N–H and O–H groups in total. The highest BCUT2D eigenvalue weighted by Gasteiger charge is 2.48. The summed E-state index contributed by atoms with van der Waals surface area (Å²) in [7, 11) is 3.79. The third kappa shape index (κ3) is 5.14. The van der Waals surface area contributed by atoms with E-state index in [4.69, 9.17) is 4.74 Å². The van der Waals surface area contributed by atoms with E-state index in [0.29, 0.717) is 31.7 Å². The van der Waals surface area contributed by atoms with Crippen LogP contribution in [0.4, 0.5) is 5.69 Å². The van der Waals surface area contributed by atoms with Crippen molar-refractivity contribution in [2.45, 2.75) is 32.4 Å². The van der Waals surface area contributed by atoms with Crippen molar-refractivity contribution in [1.82, 2.24) is 14.4 Å². The Morgan fingerprint density at radius 3 is 2.26 bits per heavy atom. The van der Waals surface area contributed by atoms with Crippen LogP contribution in [0.15, 0.2) is 103 Å². The minimum absolute atomic E-state index is 0.0201. The fourth-order valence-electron chi connectivity index (χ4n) is 7.67. The molecule has 1 aromatic heterocycles. The van der Waals surface area contributed by atoms with E-state index in [2.05, 4.69) is 91.0 Å². The van der Waals surface area contributed by atoms with Crippen LogP contribution in [0.25, 0.3) is 22.2 Å². The maximum absolute atomic E-state index is 14.8. The van der Waals surface area contributed by atoms with Crippen molar-refractivity contribution in [3.63, 3.8) is 0 Å². The molecule has 0 bridgehead atoms. The van der Waals surface area contributed by atoms with Crippen LogP contribution in [0.1, 0.15) is 47.8 Å². The Bertz CT molecular complexity index is 1920. The van der Waals surface area contributed by atoms with Gasteiger partial charge in [-0.05, 0) is 41.3 Å². The number of hydrogen-bond acceptors (Lipinski definition) is 4. The predicted octanol–water partition coefficient (Wildman–Crippen LogP) is 7.16. The maximum Gasteiger partial charge on any atom is 0.255 e. The first-order valence-corrected chi connectivity index (χ1v) is 16.7. The molecule has 0 spiro atoms. The van der Waals surface area contributed by atoms with Crippen LogP contribution in [0, 0.1) is 5.92 Å². The zero-order valence-corrected chi connectivity index (χ0v) is 27.6. The highest BCUT2D eigenvalue weighted by atomic mass is 16.5. The molecule has 3 unspecified atom stereocenters. The molecule has 4 aromatic carbocycles. The first kappa shape index (κ1) is 30.6. The van der Waals surface area contributed by atoms with Gasteiger partial charge in [0.1, 0.15) is 11.8 Å². The van der Waals surface area contributed by atoms with Gasteiger partial charge in [-0.15, -0.1) is 0 Å². The van der Waals surface area contributed by atoms with Crippen molar-refractivity contribution >= 4 is 28.4 Å². The van der Waals surface area contributed by atoms with Gasteiger partial charge >= 0.3 is 0 Å². The number of carbonyl (C=O) groups excluding carboxylic acids is 2. The number of aryl methyl sites for hydroxylation is 1. The number of aromatic nitrogens is 1. The molecule has 0 aliphatic carbocycles. The number of nitrogens with zero attached hydrogens (tertiary/aromatic N) is 4. The van der Waals surface area contributed by atoms with Crippen LogP contribution < -0.4 is 9.64 Å². The van der Waals surface area contributed by atoms with Gasteiger partial charge in [-0.2, -0.15) is 0 Å². The number of para-hydroxylation sites is 3. The van der Waals surface area contributed by atoms with Crippen molar-refractivity contribution in [1.29, 1.82) is 0 Å². The van der Waals surface area contributed by atoms with Crippen molar-refractivity contribution in [2.24, 2.45) is 13.0 Å². The lowest BCUT2D eigenvalue weighted by Crippen LogP contribution is -2.57. The summed E-state index contributed by atoms with van der Waals surface area (Å²) in [5, 5.41) is 1.09. The molecule has 7 nitrogen and oxygen atoms in total. The van der Waals surface area contributed by atoms with Gasteiger partial charge in [-0.3, -0.25) is 9.59 Å². The highest BCUT2D eigenvalue weighted by molar-refractivity contribution is 6.04. The third-order valence-electron chi connectivity index (χ3n) is 10.2. The molecule has 0 saturated carbocycles. The summed E-state index contributed by atoms with van der Waals surface area (Å²) in [5.74, 6) is 0.721. The summed E-state index contributed by atoms with van der Waals surface area (Å²) < 4.78 is 7.86. The van der Waals surface area contributed by atoms with Gasteiger partial charge in [0.05, 0.1) is 24.5 Å². The average Bonchev–Trinajstić information content (AvgIpc) is 3.58. The SMILES string of the molecule is CCC(C)C(C(=O)N1CCN(c2ccccc2OC)CC1)N1C(=O)c2ccccc2C1c1c(-c2ccccc2)n(C)c2ccccc12. The Morgan fingerprint density at radius 2 is 1.51 bits per heavy atom. The number of hydrogen-bond donors (Lipinski definition) is 0. The summed E-state index contributed by atoms with van der Waals surface area (Å²) >= 11 is 0. The molecule has 2 amide bonds. The number of fused-ring (bicyclic) bond motifs is 2. The number of benzene rings is 4.